The van der Waals surface area contributed by atoms with Crippen LogP contribution in [-0.4, -0.2) is 28.6 Å². The number of rotatable bonds is 1. The SMILES string of the molecule is Cc1ccc2nc3cc(N4CC(F)C4)ccn3c2c1. The number of alkyl halides is 1. The fraction of sp³-hybridized carbons (Fsp3) is 0.267. The van der Waals surface area contributed by atoms with Gasteiger partial charge in [-0.05, 0) is 30.7 Å². The lowest BCUT2D eigenvalue weighted by atomic mass is 10.1. The molecule has 4 heteroatoms. The van der Waals surface area contributed by atoms with E-state index in [1.807, 2.05) is 29.3 Å². The van der Waals surface area contributed by atoms with Crippen molar-refractivity contribution in [2.45, 2.75) is 13.1 Å². The molecule has 3 heterocycles. The van der Waals surface area contributed by atoms with Gasteiger partial charge in [0.1, 0.15) is 11.8 Å². The Morgan fingerprint density at radius 3 is 2.84 bits per heavy atom. The van der Waals surface area contributed by atoms with Gasteiger partial charge in [0.05, 0.1) is 24.1 Å². The zero-order valence-electron chi connectivity index (χ0n) is 10.7. The highest BCUT2D eigenvalue weighted by atomic mass is 19.1. The predicted octanol–water partition coefficient (Wildman–Crippen LogP) is 2.95. The Labute approximate surface area is 110 Å². The van der Waals surface area contributed by atoms with Crippen LogP contribution >= 0.6 is 0 Å². The van der Waals surface area contributed by atoms with E-state index in [0.717, 1.165) is 22.4 Å². The summed E-state index contributed by atoms with van der Waals surface area (Å²) in [6.07, 6.45) is 1.34. The Kier molecular flexibility index (Phi) is 2.10. The standard InChI is InChI=1S/C15H14FN3/c1-10-2-3-13-14(6-10)19-5-4-12(7-15(19)17-13)18-8-11(16)9-18/h2-7,11H,8-9H2,1H3. The maximum Gasteiger partial charge on any atom is 0.139 e. The van der Waals surface area contributed by atoms with E-state index < -0.39 is 6.17 Å². The molecule has 3 nitrogen and oxygen atoms in total. The molecule has 0 radical (unpaired) electrons. The van der Waals surface area contributed by atoms with Gasteiger partial charge < -0.3 is 4.90 Å². The summed E-state index contributed by atoms with van der Waals surface area (Å²) in [6.45, 7) is 3.07. The number of hydrogen-bond acceptors (Lipinski definition) is 2. The van der Waals surface area contributed by atoms with Crippen molar-refractivity contribution in [1.29, 1.82) is 0 Å². The molecule has 0 bridgehead atoms. The van der Waals surface area contributed by atoms with E-state index in [4.69, 9.17) is 0 Å². The highest BCUT2D eigenvalue weighted by molar-refractivity contribution is 5.82. The fourth-order valence-electron chi connectivity index (χ4n) is 2.64. The van der Waals surface area contributed by atoms with Crippen molar-refractivity contribution in [3.63, 3.8) is 0 Å². The monoisotopic (exact) mass is 255 g/mol. The smallest absolute Gasteiger partial charge is 0.139 e. The minimum absolute atomic E-state index is 0.496. The van der Waals surface area contributed by atoms with Gasteiger partial charge in [-0.1, -0.05) is 6.07 Å². The van der Waals surface area contributed by atoms with Gasteiger partial charge in [-0.3, -0.25) is 4.40 Å². The number of aryl methyl sites for hydroxylation is 1. The van der Waals surface area contributed by atoms with E-state index in [-0.39, 0.29) is 0 Å². The van der Waals surface area contributed by atoms with Crippen molar-refractivity contribution in [3.8, 4) is 0 Å². The first-order valence-corrected chi connectivity index (χ1v) is 6.48. The van der Waals surface area contributed by atoms with Crippen LogP contribution in [0.4, 0.5) is 10.1 Å². The van der Waals surface area contributed by atoms with Crippen LogP contribution in [0.2, 0.25) is 0 Å². The minimum atomic E-state index is -0.683. The highest BCUT2D eigenvalue weighted by Gasteiger charge is 2.26. The summed E-state index contributed by atoms with van der Waals surface area (Å²) in [5.41, 5.74) is 5.30. The minimum Gasteiger partial charge on any atom is -0.365 e. The molecule has 0 saturated carbocycles. The number of fused-ring (bicyclic) bond motifs is 3. The second kappa shape index (κ2) is 3.70. The van der Waals surface area contributed by atoms with Crippen LogP contribution < -0.4 is 4.90 Å². The van der Waals surface area contributed by atoms with Gasteiger partial charge in [0.2, 0.25) is 0 Å². The Balaban J connectivity index is 1.87. The molecule has 0 amide bonds. The van der Waals surface area contributed by atoms with Crippen LogP contribution in [0.25, 0.3) is 16.7 Å². The van der Waals surface area contributed by atoms with Gasteiger partial charge in [-0.2, -0.15) is 0 Å². The molecule has 4 rings (SSSR count). The summed E-state index contributed by atoms with van der Waals surface area (Å²) in [7, 11) is 0. The molecule has 0 aliphatic carbocycles. The Morgan fingerprint density at radius 1 is 1.21 bits per heavy atom. The third kappa shape index (κ3) is 1.59. The van der Waals surface area contributed by atoms with Gasteiger partial charge in [-0.25, -0.2) is 9.37 Å². The van der Waals surface area contributed by atoms with Gasteiger partial charge >= 0.3 is 0 Å². The summed E-state index contributed by atoms with van der Waals surface area (Å²) in [5, 5.41) is 0. The lowest BCUT2D eigenvalue weighted by Gasteiger charge is -2.36. The van der Waals surface area contributed by atoms with Crippen molar-refractivity contribution in [1.82, 2.24) is 9.38 Å². The molecule has 2 aromatic heterocycles. The first kappa shape index (κ1) is 10.8. The molecule has 1 fully saturated rings. The summed E-state index contributed by atoms with van der Waals surface area (Å²) in [4.78, 5) is 6.66. The molecule has 1 saturated heterocycles. The third-order valence-electron chi connectivity index (χ3n) is 3.75. The summed E-state index contributed by atoms with van der Waals surface area (Å²) < 4.78 is 15.0. The van der Waals surface area contributed by atoms with E-state index in [1.54, 1.807) is 0 Å². The number of halogens is 1. The molecular weight excluding hydrogens is 241 g/mol. The van der Waals surface area contributed by atoms with Crippen LogP contribution in [-0.2, 0) is 0 Å². The van der Waals surface area contributed by atoms with E-state index in [9.17, 15) is 4.39 Å². The molecule has 19 heavy (non-hydrogen) atoms. The topological polar surface area (TPSA) is 20.5 Å². The van der Waals surface area contributed by atoms with Crippen molar-refractivity contribution in [2.75, 3.05) is 18.0 Å². The Bertz CT molecular complexity index is 772. The van der Waals surface area contributed by atoms with Gasteiger partial charge in [-0.15, -0.1) is 0 Å². The van der Waals surface area contributed by atoms with Crippen molar-refractivity contribution in [2.24, 2.45) is 0 Å². The van der Waals surface area contributed by atoms with Crippen molar-refractivity contribution >= 4 is 22.4 Å². The Morgan fingerprint density at radius 2 is 2.05 bits per heavy atom. The maximum absolute atomic E-state index is 12.9. The van der Waals surface area contributed by atoms with Crippen molar-refractivity contribution in [3.05, 3.63) is 42.1 Å². The lowest BCUT2D eigenvalue weighted by Crippen LogP contribution is -2.48. The third-order valence-corrected chi connectivity index (χ3v) is 3.75. The van der Waals surface area contributed by atoms with Gasteiger partial charge in [0, 0.05) is 18.0 Å². The predicted molar refractivity (Wildman–Crippen MR) is 74.5 cm³/mol. The number of anilines is 1. The average Bonchev–Trinajstić information content (AvgIpc) is 2.72. The van der Waals surface area contributed by atoms with Crippen molar-refractivity contribution < 1.29 is 4.39 Å². The molecule has 0 atom stereocenters. The van der Waals surface area contributed by atoms with E-state index >= 15 is 0 Å². The molecular formula is C15H14FN3. The van der Waals surface area contributed by atoms with E-state index in [0.29, 0.717) is 13.1 Å². The van der Waals surface area contributed by atoms with E-state index in [2.05, 4.69) is 28.4 Å². The fourth-order valence-corrected chi connectivity index (χ4v) is 2.64. The summed E-state index contributed by atoms with van der Waals surface area (Å²) in [6, 6.07) is 10.3. The Hall–Kier alpha value is -2.10. The number of benzene rings is 1. The van der Waals surface area contributed by atoms with E-state index in [1.165, 1.54) is 5.56 Å². The number of aromatic nitrogens is 2. The summed E-state index contributed by atoms with van der Waals surface area (Å²) >= 11 is 0. The molecule has 0 unspecified atom stereocenters. The van der Waals surface area contributed by atoms with Gasteiger partial charge in [0.15, 0.2) is 0 Å². The maximum atomic E-state index is 12.9. The molecule has 0 spiro atoms. The van der Waals surface area contributed by atoms with Crippen LogP contribution in [0.15, 0.2) is 36.5 Å². The molecule has 96 valence electrons. The van der Waals surface area contributed by atoms with Gasteiger partial charge in [0.25, 0.3) is 0 Å². The highest BCUT2D eigenvalue weighted by Crippen LogP contribution is 2.26. The number of nitrogens with zero attached hydrogens (tertiary/aromatic N) is 3. The first-order valence-electron chi connectivity index (χ1n) is 6.48. The first-order chi connectivity index (χ1) is 9.20. The molecule has 1 aliphatic rings. The quantitative estimate of drug-likeness (QED) is 0.666. The zero-order valence-corrected chi connectivity index (χ0v) is 10.7. The molecule has 0 N–H and O–H groups in total. The lowest BCUT2D eigenvalue weighted by molar-refractivity contribution is 0.275. The van der Waals surface area contributed by atoms with Crippen LogP contribution in [0.1, 0.15) is 5.56 Å². The summed E-state index contributed by atoms with van der Waals surface area (Å²) in [5.74, 6) is 0. The average molecular weight is 255 g/mol. The second-order valence-electron chi connectivity index (χ2n) is 5.22. The number of pyridine rings is 1. The van der Waals surface area contributed by atoms with Crippen LogP contribution in [0.3, 0.4) is 0 Å². The second-order valence-corrected chi connectivity index (χ2v) is 5.22. The number of imidazole rings is 1. The molecule has 1 aromatic carbocycles. The molecule has 1 aliphatic heterocycles. The normalized spacial score (nSPS) is 16.2. The van der Waals surface area contributed by atoms with Crippen LogP contribution in [0, 0.1) is 6.92 Å². The largest absolute Gasteiger partial charge is 0.365 e. The van der Waals surface area contributed by atoms with Crippen LogP contribution in [0.5, 0.6) is 0 Å². The number of hydrogen-bond donors (Lipinski definition) is 0. The molecule has 3 aromatic rings. The zero-order chi connectivity index (χ0) is 13.0.